The van der Waals surface area contributed by atoms with Gasteiger partial charge in [-0.3, -0.25) is 20.0 Å². The number of carbonyl (C=O) groups excluding carboxylic acids is 1. The Labute approximate surface area is 345 Å². The van der Waals surface area contributed by atoms with Gasteiger partial charge in [0.1, 0.15) is 48.1 Å². The number of benzene rings is 2. The fraction of sp³-hybridized carbons (Fsp3) is 0.500. The van der Waals surface area contributed by atoms with Crippen LogP contribution in [0.5, 0.6) is 17.2 Å². The van der Waals surface area contributed by atoms with Gasteiger partial charge in [-0.1, -0.05) is 61.8 Å². The molecule has 8 aliphatic rings. The highest BCUT2D eigenvalue weighted by Gasteiger charge is 2.52. The molecule has 0 saturated heterocycles. The number of aliphatic imine (C=N–C) groups is 1. The first-order chi connectivity index (χ1) is 28.6. The molecule has 0 amide bonds. The zero-order valence-electron chi connectivity index (χ0n) is 33.4. The molecule has 0 radical (unpaired) electrons. The van der Waals surface area contributed by atoms with Crippen LogP contribution in [-0.2, 0) is 11.2 Å². The number of aliphatic hydroxyl groups excluding tert-OH is 3. The van der Waals surface area contributed by atoms with Gasteiger partial charge in [0.05, 0.1) is 23.8 Å². The predicted molar refractivity (Wildman–Crippen MR) is 220 cm³/mol. The standard InChI is InChI=1S/C48H52N4O7/c1-26-4-8-31(40(56)18-26)41(57)20-29(53)7-5-27-19-43-42(21-39(27)55)58-17-16-48(14-2-3-15-48)36-12-13-38(54)32-10-11-33-44-28(22-51-46(33)49)6-9-30(45(32)44)34-23-50-37-25-52(24-35(34)37)47(36)59-43/h4,8,10-11,19,21,23,25-26,28,30-31,36,38,40-41,46-47,51,54-57H,2-3,5-7,9,14-15,18,20,22,24,49H2,1H3/p+1. The summed E-state index contributed by atoms with van der Waals surface area (Å²) >= 11 is 0. The first-order valence-corrected chi connectivity index (χ1v) is 21.5. The molecule has 59 heavy (non-hydrogen) atoms. The topological polar surface area (TPSA) is 171 Å². The van der Waals surface area contributed by atoms with Gasteiger partial charge in [-0.25, -0.2) is 0 Å². The lowest BCUT2D eigenvalue weighted by Crippen LogP contribution is -3.12. The quantitative estimate of drug-likeness (QED) is 0.170. The van der Waals surface area contributed by atoms with Gasteiger partial charge in [0.15, 0.2) is 11.5 Å². The number of ketones is 1. The van der Waals surface area contributed by atoms with Gasteiger partial charge in [0.25, 0.3) is 6.23 Å². The number of rotatable bonds is 6. The second-order valence-electron chi connectivity index (χ2n) is 18.1. The summed E-state index contributed by atoms with van der Waals surface area (Å²) in [5.41, 5.74) is 14.2. The van der Waals surface area contributed by atoms with Crippen molar-refractivity contribution in [3.05, 3.63) is 87.3 Å². The molecule has 1 fully saturated rings. The molecule has 11 heteroatoms. The minimum absolute atomic E-state index is 0.0436. The lowest BCUT2D eigenvalue weighted by atomic mass is 9.68. The molecule has 11 unspecified atom stereocenters. The van der Waals surface area contributed by atoms with Gasteiger partial charge in [-0.05, 0) is 89.8 Å². The molecule has 2 aromatic carbocycles. The first-order valence-electron chi connectivity index (χ1n) is 21.5. The number of aliphatic hydroxyl groups is 3. The fourth-order valence-corrected chi connectivity index (χ4v) is 11.4. The minimum Gasteiger partial charge on any atom is -0.508 e. The maximum atomic E-state index is 13.2. The van der Waals surface area contributed by atoms with E-state index in [1.165, 1.54) is 22.8 Å². The maximum absolute atomic E-state index is 13.2. The predicted octanol–water partition coefficient (Wildman–Crippen LogP) is 3.85. The van der Waals surface area contributed by atoms with Crippen LogP contribution in [0.1, 0.15) is 117 Å². The Balaban J connectivity index is 1.02. The first kappa shape index (κ1) is 38.5. The summed E-state index contributed by atoms with van der Waals surface area (Å²) in [4.78, 5) is 19.2. The molecule has 8 N–H and O–H groups in total. The largest absolute Gasteiger partial charge is 0.508 e. The van der Waals surface area contributed by atoms with E-state index < -0.39 is 41.8 Å². The Bertz CT molecular complexity index is 2340. The van der Waals surface area contributed by atoms with Crippen LogP contribution >= 0.6 is 0 Å². The van der Waals surface area contributed by atoms with E-state index in [1.807, 2.05) is 31.4 Å². The van der Waals surface area contributed by atoms with Crippen molar-refractivity contribution < 1.29 is 39.6 Å². The van der Waals surface area contributed by atoms with Crippen molar-refractivity contribution in [3.8, 4) is 41.1 Å². The van der Waals surface area contributed by atoms with Crippen molar-refractivity contribution in [1.29, 1.82) is 0 Å². The highest BCUT2D eigenvalue weighted by Crippen LogP contribution is 2.51. The Kier molecular flexibility index (Phi) is 9.83. The average molecular weight is 798 g/mol. The van der Waals surface area contributed by atoms with Crippen molar-refractivity contribution in [1.82, 2.24) is 5.32 Å². The van der Waals surface area contributed by atoms with Crippen LogP contribution in [-0.4, -0.2) is 63.9 Å². The molecule has 0 aromatic heterocycles. The summed E-state index contributed by atoms with van der Waals surface area (Å²) in [6, 6.07) is 7.32. The summed E-state index contributed by atoms with van der Waals surface area (Å²) in [5, 5.41) is 48.3. The number of nitrogens with two attached hydrogens (primary N) is 1. The van der Waals surface area contributed by atoms with Crippen LogP contribution in [0.25, 0.3) is 0 Å². The van der Waals surface area contributed by atoms with E-state index in [0.717, 1.165) is 72.4 Å². The Morgan fingerprint density at radius 1 is 1.10 bits per heavy atom. The molecular formula is C48H53N4O7+. The monoisotopic (exact) mass is 797 g/mol. The Hall–Kier alpha value is -4.72. The maximum Gasteiger partial charge on any atom is 0.252 e. The van der Waals surface area contributed by atoms with Gasteiger partial charge < -0.3 is 35.6 Å². The highest BCUT2D eigenvalue weighted by atomic mass is 16.5. The molecule has 1 saturated carbocycles. The van der Waals surface area contributed by atoms with E-state index in [9.17, 15) is 25.2 Å². The van der Waals surface area contributed by atoms with Gasteiger partial charge in [0.2, 0.25) is 0 Å². The fourth-order valence-electron chi connectivity index (χ4n) is 11.4. The number of aromatic hydroxyl groups is 1. The lowest BCUT2D eigenvalue weighted by molar-refractivity contribution is -0.891. The number of phenolic OH excluding ortho intramolecular Hbond substituents is 1. The van der Waals surface area contributed by atoms with Gasteiger partial charge in [-0.2, -0.15) is 0 Å². The Morgan fingerprint density at radius 2 is 1.93 bits per heavy atom. The van der Waals surface area contributed by atoms with E-state index in [-0.39, 0.29) is 54.5 Å². The van der Waals surface area contributed by atoms with Crippen LogP contribution in [0.15, 0.2) is 64.5 Å². The molecule has 3 aliphatic carbocycles. The molecule has 11 nitrogen and oxygen atoms in total. The smallest absolute Gasteiger partial charge is 0.252 e. The van der Waals surface area contributed by atoms with Crippen LogP contribution in [0.2, 0.25) is 0 Å². The van der Waals surface area contributed by atoms with Crippen molar-refractivity contribution in [2.45, 2.75) is 114 Å². The van der Waals surface area contributed by atoms with Crippen LogP contribution in [0.3, 0.4) is 0 Å². The van der Waals surface area contributed by atoms with Crippen LogP contribution in [0, 0.1) is 47.0 Å². The summed E-state index contributed by atoms with van der Waals surface area (Å²) in [7, 11) is 0. The van der Waals surface area contributed by atoms with E-state index in [4.69, 9.17) is 20.2 Å². The van der Waals surface area contributed by atoms with Crippen molar-refractivity contribution in [2.24, 2.45) is 33.9 Å². The highest BCUT2D eigenvalue weighted by molar-refractivity contribution is 5.89. The van der Waals surface area contributed by atoms with E-state index in [1.54, 1.807) is 6.07 Å². The number of Topliss-reactive ketones (excluding diaryl/α,β-unsaturated/α-hetero) is 1. The molecule has 10 rings (SSSR count). The molecule has 5 aliphatic heterocycles. The normalized spacial score (nSPS) is 33.4. The Morgan fingerprint density at radius 3 is 2.76 bits per heavy atom. The number of allylic oxidation sites excluding steroid dienone is 2. The molecule has 306 valence electrons. The molecular weight excluding hydrogens is 745 g/mol. The number of aryl methyl sites for hydroxylation is 1. The number of nitrogens with one attached hydrogen (secondary N) is 2. The lowest BCUT2D eigenvalue weighted by Gasteiger charge is -2.41. The second-order valence-corrected chi connectivity index (χ2v) is 18.1. The van der Waals surface area contributed by atoms with E-state index in [2.05, 4.69) is 41.5 Å². The third-order valence-corrected chi connectivity index (χ3v) is 14.5. The third-order valence-electron chi connectivity index (χ3n) is 14.5. The van der Waals surface area contributed by atoms with E-state index in [0.29, 0.717) is 30.2 Å². The van der Waals surface area contributed by atoms with Crippen molar-refractivity contribution >= 4 is 12.0 Å². The SMILES string of the molecule is CC1C=CC(C(O)CC(=O)CCc2cc3c(cc2O)OC#CC2(CCCC2)C2C#CC(O)c4ccc5c6c4C(CCC6CNC5N)C4=C5C[NH+](C=C5N=C4)C2O3)C(O)C1. The zero-order valence-corrected chi connectivity index (χ0v) is 33.4. The number of ether oxygens (including phenoxy) is 2. The second kappa shape index (κ2) is 15.1. The number of quaternary nitrogens is 1. The zero-order chi connectivity index (χ0) is 40.6. The minimum atomic E-state index is -1.05. The average Bonchev–Trinajstić information content (AvgIpc) is 3.96. The van der Waals surface area contributed by atoms with Gasteiger partial charge >= 0.3 is 0 Å². The number of fused-ring (bicyclic) bond motifs is 6. The summed E-state index contributed by atoms with van der Waals surface area (Å²) in [6.45, 7) is 3.44. The molecule has 11 atom stereocenters. The van der Waals surface area contributed by atoms with Crippen LogP contribution in [0.4, 0.5) is 0 Å². The number of carbonyl (C=O) groups is 1. The van der Waals surface area contributed by atoms with Crippen molar-refractivity contribution in [2.75, 3.05) is 13.1 Å². The summed E-state index contributed by atoms with van der Waals surface area (Å²) < 4.78 is 13.2. The third kappa shape index (κ3) is 6.73. The van der Waals surface area contributed by atoms with E-state index >= 15 is 0 Å². The molecule has 1 spiro atoms. The number of hydrogen-bond acceptors (Lipinski definition) is 10. The van der Waals surface area contributed by atoms with Crippen molar-refractivity contribution in [3.63, 3.8) is 0 Å². The molecule has 2 bridgehead atoms. The number of nitrogens with zero attached hydrogens (tertiary/aromatic N) is 1. The molecule has 5 heterocycles. The molecule has 2 aromatic rings. The number of phenols is 1. The summed E-state index contributed by atoms with van der Waals surface area (Å²) in [6.07, 6.45) is 13.6. The van der Waals surface area contributed by atoms with Gasteiger partial charge in [0, 0.05) is 49.1 Å². The summed E-state index contributed by atoms with van der Waals surface area (Å²) in [5.74, 6) is 10.5. The van der Waals surface area contributed by atoms with Gasteiger partial charge in [-0.15, -0.1) is 0 Å². The number of hydrogen-bond donors (Lipinski definition) is 7. The van der Waals surface area contributed by atoms with Crippen LogP contribution < -0.4 is 25.4 Å².